The summed E-state index contributed by atoms with van der Waals surface area (Å²) in [7, 11) is 0. The number of hydrogen-bond donors (Lipinski definition) is 0. The number of carbonyl (C=O) groups excluding carboxylic acids is 2. The Morgan fingerprint density at radius 2 is 2.28 bits per heavy atom. The second kappa shape index (κ2) is 8.72. The van der Waals surface area contributed by atoms with Crippen molar-refractivity contribution in [1.29, 1.82) is 0 Å². The Morgan fingerprint density at radius 3 is 2.88 bits per heavy atom. The maximum Gasteiger partial charge on any atom is 0.254 e. The lowest BCUT2D eigenvalue weighted by molar-refractivity contribution is -0.127. The normalized spacial score (nSPS) is 16.0. The topological polar surface area (TPSA) is 62.6 Å². The first-order valence-corrected chi connectivity index (χ1v) is 8.64. The van der Waals surface area contributed by atoms with Gasteiger partial charge in [0.25, 0.3) is 5.91 Å². The van der Waals surface area contributed by atoms with Gasteiger partial charge in [-0.25, -0.2) is 0 Å². The van der Waals surface area contributed by atoms with Gasteiger partial charge >= 0.3 is 0 Å². The molecule has 0 aromatic carbocycles. The summed E-state index contributed by atoms with van der Waals surface area (Å²) in [5.74, 6) is -0.127. The molecular formula is C19H22ClN3O2. The van der Waals surface area contributed by atoms with Crippen molar-refractivity contribution in [3.63, 3.8) is 0 Å². The van der Waals surface area contributed by atoms with E-state index in [2.05, 4.69) is 23.6 Å². The lowest BCUT2D eigenvalue weighted by Gasteiger charge is -2.25. The van der Waals surface area contributed by atoms with Crippen LogP contribution in [0.4, 0.5) is 0 Å². The van der Waals surface area contributed by atoms with Crippen molar-refractivity contribution in [3.8, 4) is 0 Å². The van der Waals surface area contributed by atoms with Crippen LogP contribution in [-0.4, -0.2) is 35.3 Å². The van der Waals surface area contributed by atoms with Crippen LogP contribution in [0.2, 0.25) is 5.02 Å². The van der Waals surface area contributed by atoms with E-state index in [0.29, 0.717) is 17.1 Å². The number of aliphatic imine (C=N–C) groups is 1. The van der Waals surface area contributed by atoms with Gasteiger partial charge in [-0.15, -0.1) is 0 Å². The van der Waals surface area contributed by atoms with Gasteiger partial charge in [0.05, 0.1) is 16.8 Å². The molecule has 0 fully saturated rings. The summed E-state index contributed by atoms with van der Waals surface area (Å²) in [4.78, 5) is 33.5. The average Bonchev–Trinajstić information content (AvgIpc) is 2.90. The number of pyridine rings is 1. The van der Waals surface area contributed by atoms with E-state index >= 15 is 0 Å². The van der Waals surface area contributed by atoms with Crippen LogP contribution in [0.5, 0.6) is 0 Å². The molecule has 0 aliphatic carbocycles. The summed E-state index contributed by atoms with van der Waals surface area (Å²) in [6, 6.07) is 1.67. The average molecular weight is 360 g/mol. The smallest absolute Gasteiger partial charge is 0.254 e. The molecule has 1 amide bonds. The molecule has 25 heavy (non-hydrogen) atoms. The van der Waals surface area contributed by atoms with Crippen molar-refractivity contribution in [2.24, 2.45) is 4.99 Å². The lowest BCUT2D eigenvalue weighted by atomic mass is 10.1. The van der Waals surface area contributed by atoms with Crippen molar-refractivity contribution in [2.75, 3.05) is 6.54 Å². The number of nitrogens with zero attached hydrogens (tertiary/aromatic N) is 3. The number of rotatable bonds is 8. The Labute approximate surface area is 153 Å². The fourth-order valence-corrected chi connectivity index (χ4v) is 3.15. The molecular weight excluding hydrogens is 338 g/mol. The van der Waals surface area contributed by atoms with Crippen LogP contribution in [0.25, 0.3) is 0 Å². The fraction of sp³-hybridized carbons (Fsp3) is 0.368. The molecule has 132 valence electrons. The largest absolute Gasteiger partial charge is 0.328 e. The molecule has 1 atom stereocenters. The molecule has 0 bridgehead atoms. The zero-order chi connectivity index (χ0) is 18.4. The van der Waals surface area contributed by atoms with Crippen LogP contribution >= 0.6 is 11.6 Å². The summed E-state index contributed by atoms with van der Waals surface area (Å²) >= 11 is 6.32. The standard InChI is InChI=1S/C19H22ClN3O2/c1-4-5-18-17(20)10-15(11-22-18)13(2)23-12-14(7-9-24)16(19(23)25)6-8-21-3/h6,8-11,13H,3-5,7,12H2,1-2H3/b8-6-. The summed E-state index contributed by atoms with van der Waals surface area (Å²) in [6.45, 7) is 7.79. The highest BCUT2D eigenvalue weighted by Crippen LogP contribution is 2.32. The molecule has 1 aliphatic heterocycles. The Hall–Kier alpha value is -2.27. The van der Waals surface area contributed by atoms with E-state index < -0.39 is 0 Å². The monoisotopic (exact) mass is 359 g/mol. The number of aryl methyl sites for hydroxylation is 1. The van der Waals surface area contributed by atoms with E-state index in [0.717, 1.165) is 36.0 Å². The third kappa shape index (κ3) is 4.23. The zero-order valence-electron chi connectivity index (χ0n) is 14.5. The maximum atomic E-state index is 12.8. The van der Waals surface area contributed by atoms with Crippen LogP contribution < -0.4 is 0 Å². The molecule has 2 rings (SSSR count). The van der Waals surface area contributed by atoms with Crippen molar-refractivity contribution in [2.45, 2.75) is 39.2 Å². The molecule has 1 aromatic rings. The van der Waals surface area contributed by atoms with Crippen molar-refractivity contribution in [1.82, 2.24) is 9.88 Å². The van der Waals surface area contributed by atoms with Crippen LogP contribution in [0, 0.1) is 0 Å². The van der Waals surface area contributed by atoms with Gasteiger partial charge in [0.1, 0.15) is 6.29 Å². The number of aldehydes is 1. The molecule has 0 N–H and O–H groups in total. The Balaban J connectivity index is 2.26. The first-order valence-electron chi connectivity index (χ1n) is 8.26. The van der Waals surface area contributed by atoms with Gasteiger partial charge in [0, 0.05) is 30.9 Å². The molecule has 6 heteroatoms. The predicted molar refractivity (Wildman–Crippen MR) is 99.8 cm³/mol. The van der Waals surface area contributed by atoms with Crippen molar-refractivity contribution < 1.29 is 9.59 Å². The third-order valence-electron chi connectivity index (χ3n) is 4.28. The minimum Gasteiger partial charge on any atom is -0.328 e. The van der Waals surface area contributed by atoms with E-state index in [1.165, 1.54) is 6.20 Å². The van der Waals surface area contributed by atoms with Crippen LogP contribution in [0.3, 0.4) is 0 Å². The van der Waals surface area contributed by atoms with E-state index in [-0.39, 0.29) is 18.4 Å². The third-order valence-corrected chi connectivity index (χ3v) is 4.61. The second-order valence-electron chi connectivity index (χ2n) is 5.94. The Bertz CT molecular complexity index is 740. The SMILES string of the molecule is C=N/C=C\C1=C(CC=O)CN(C(C)c2cnc(CCC)c(Cl)c2)C1=O. The molecule has 0 spiro atoms. The van der Waals surface area contributed by atoms with E-state index in [4.69, 9.17) is 11.6 Å². The molecule has 5 nitrogen and oxygen atoms in total. The summed E-state index contributed by atoms with van der Waals surface area (Å²) in [5.41, 5.74) is 3.03. The van der Waals surface area contributed by atoms with Gasteiger partial charge in [-0.1, -0.05) is 24.9 Å². The van der Waals surface area contributed by atoms with Crippen LogP contribution in [0.1, 0.15) is 44.0 Å². The number of aromatic nitrogens is 1. The van der Waals surface area contributed by atoms with Crippen molar-refractivity contribution >= 4 is 30.5 Å². The summed E-state index contributed by atoms with van der Waals surface area (Å²) in [6.07, 6.45) is 7.67. The Kier molecular flexibility index (Phi) is 6.65. The van der Waals surface area contributed by atoms with Gasteiger partial charge in [-0.3, -0.25) is 14.8 Å². The number of hydrogen-bond acceptors (Lipinski definition) is 4. The Morgan fingerprint density at radius 1 is 1.52 bits per heavy atom. The summed E-state index contributed by atoms with van der Waals surface area (Å²) in [5, 5.41) is 0.620. The minimum absolute atomic E-state index is 0.127. The minimum atomic E-state index is -0.197. The molecule has 0 radical (unpaired) electrons. The van der Waals surface area contributed by atoms with Crippen molar-refractivity contribution in [3.05, 3.63) is 52.0 Å². The van der Waals surface area contributed by atoms with E-state index in [1.54, 1.807) is 17.2 Å². The molecule has 1 aromatic heterocycles. The molecule has 1 unspecified atom stereocenters. The van der Waals surface area contributed by atoms with Crippen LogP contribution in [-0.2, 0) is 16.0 Å². The molecule has 2 heterocycles. The number of carbonyl (C=O) groups is 2. The van der Waals surface area contributed by atoms with E-state index in [9.17, 15) is 9.59 Å². The highest BCUT2D eigenvalue weighted by atomic mass is 35.5. The molecule has 0 saturated carbocycles. The number of amides is 1. The van der Waals surface area contributed by atoms with Gasteiger partial charge in [-0.05, 0) is 43.3 Å². The van der Waals surface area contributed by atoms with E-state index in [1.807, 2.05) is 13.0 Å². The first-order chi connectivity index (χ1) is 12.0. The zero-order valence-corrected chi connectivity index (χ0v) is 15.3. The van der Waals surface area contributed by atoms with Gasteiger partial charge in [0.2, 0.25) is 0 Å². The number of halogens is 1. The quantitative estimate of drug-likeness (QED) is 0.525. The van der Waals surface area contributed by atoms with Gasteiger partial charge in [0.15, 0.2) is 0 Å². The second-order valence-corrected chi connectivity index (χ2v) is 6.35. The van der Waals surface area contributed by atoms with Gasteiger partial charge < -0.3 is 9.69 Å². The summed E-state index contributed by atoms with van der Waals surface area (Å²) < 4.78 is 0. The highest BCUT2D eigenvalue weighted by molar-refractivity contribution is 6.31. The first kappa shape index (κ1) is 19.1. The van der Waals surface area contributed by atoms with Gasteiger partial charge in [-0.2, -0.15) is 0 Å². The fourth-order valence-electron chi connectivity index (χ4n) is 2.88. The highest BCUT2D eigenvalue weighted by Gasteiger charge is 2.32. The lowest BCUT2D eigenvalue weighted by Crippen LogP contribution is -2.30. The molecule has 1 aliphatic rings. The molecule has 0 saturated heterocycles. The predicted octanol–water partition coefficient (Wildman–Crippen LogP) is 3.69. The van der Waals surface area contributed by atoms with Crippen LogP contribution in [0.15, 0.2) is 40.7 Å². The maximum absolute atomic E-state index is 12.8.